The Hall–Kier alpha value is -1.88. The van der Waals surface area contributed by atoms with E-state index in [1.54, 1.807) is 4.90 Å². The van der Waals surface area contributed by atoms with Crippen molar-refractivity contribution in [2.75, 3.05) is 19.6 Å². The molecule has 2 N–H and O–H groups in total. The molecule has 1 aromatic carbocycles. The maximum absolute atomic E-state index is 12.7. The van der Waals surface area contributed by atoms with Crippen molar-refractivity contribution in [1.82, 2.24) is 10.2 Å². The quantitative estimate of drug-likeness (QED) is 0.853. The Bertz CT molecular complexity index is 572. The molecular weight excluding hydrogens is 268 g/mol. The third kappa shape index (κ3) is 2.53. The third-order valence-corrected chi connectivity index (χ3v) is 4.64. The molecule has 21 heavy (non-hydrogen) atoms. The monoisotopic (exact) mass is 288 g/mol. The number of benzene rings is 1. The smallest absolute Gasteiger partial charge is 0.312 e. The van der Waals surface area contributed by atoms with Gasteiger partial charge in [-0.1, -0.05) is 31.2 Å². The van der Waals surface area contributed by atoms with E-state index in [0.717, 1.165) is 17.7 Å². The van der Waals surface area contributed by atoms with Gasteiger partial charge in [-0.3, -0.25) is 9.59 Å². The molecule has 5 nitrogen and oxygen atoms in total. The predicted octanol–water partition coefficient (Wildman–Crippen LogP) is 1.05. The van der Waals surface area contributed by atoms with E-state index >= 15 is 0 Å². The Kier molecular flexibility index (Phi) is 3.68. The van der Waals surface area contributed by atoms with Gasteiger partial charge in [-0.05, 0) is 23.6 Å². The van der Waals surface area contributed by atoms with Crippen molar-refractivity contribution in [2.45, 2.75) is 19.4 Å². The summed E-state index contributed by atoms with van der Waals surface area (Å²) in [6, 6.07) is 7.53. The Morgan fingerprint density at radius 3 is 2.71 bits per heavy atom. The molecule has 0 aromatic heterocycles. The van der Waals surface area contributed by atoms with E-state index < -0.39 is 11.9 Å². The van der Waals surface area contributed by atoms with E-state index in [2.05, 4.69) is 12.2 Å². The lowest BCUT2D eigenvalue weighted by molar-refractivity contribution is -0.142. The van der Waals surface area contributed by atoms with E-state index in [1.807, 2.05) is 24.3 Å². The zero-order valence-electron chi connectivity index (χ0n) is 12.1. The van der Waals surface area contributed by atoms with Gasteiger partial charge in [0.1, 0.15) is 0 Å². The van der Waals surface area contributed by atoms with Gasteiger partial charge in [0.25, 0.3) is 0 Å². The van der Waals surface area contributed by atoms with Crippen LogP contribution in [0.15, 0.2) is 24.3 Å². The van der Waals surface area contributed by atoms with Gasteiger partial charge < -0.3 is 15.3 Å². The average molecular weight is 288 g/mol. The van der Waals surface area contributed by atoms with E-state index in [1.165, 1.54) is 0 Å². The standard InChI is InChI=1S/C16H20N2O3/c1-10-6-17-7-13(10)15(19)18-8-11-4-2-3-5-12(11)14(9-18)16(20)21/h2-5,10,13-14,17H,6-9H2,1H3,(H,20,21)/t10-,13-,14?/m1/s1. The fourth-order valence-electron chi connectivity index (χ4n) is 3.36. The van der Waals surface area contributed by atoms with Crippen LogP contribution in [0.2, 0.25) is 0 Å². The number of nitrogens with zero attached hydrogens (tertiary/aromatic N) is 1. The van der Waals surface area contributed by atoms with Crippen molar-refractivity contribution in [3.63, 3.8) is 0 Å². The number of carboxylic acids is 1. The first kappa shape index (κ1) is 14.1. The van der Waals surface area contributed by atoms with Gasteiger partial charge in [0.2, 0.25) is 5.91 Å². The second kappa shape index (κ2) is 5.48. The van der Waals surface area contributed by atoms with Gasteiger partial charge in [0.15, 0.2) is 0 Å². The maximum Gasteiger partial charge on any atom is 0.312 e. The van der Waals surface area contributed by atoms with E-state index in [9.17, 15) is 14.7 Å². The first-order chi connectivity index (χ1) is 10.1. The summed E-state index contributed by atoms with van der Waals surface area (Å²) in [5, 5.41) is 12.7. The molecule has 1 fully saturated rings. The molecule has 3 rings (SSSR count). The summed E-state index contributed by atoms with van der Waals surface area (Å²) in [7, 11) is 0. The molecule has 1 amide bonds. The van der Waals surface area contributed by atoms with Crippen molar-refractivity contribution in [3.8, 4) is 0 Å². The van der Waals surface area contributed by atoms with Crippen LogP contribution in [-0.2, 0) is 16.1 Å². The molecule has 1 unspecified atom stereocenters. The van der Waals surface area contributed by atoms with Crippen LogP contribution in [0.25, 0.3) is 0 Å². The fourth-order valence-corrected chi connectivity index (χ4v) is 3.36. The number of carboxylic acid groups (broad SMARTS) is 1. The van der Waals surface area contributed by atoms with Crippen LogP contribution >= 0.6 is 0 Å². The van der Waals surface area contributed by atoms with Crippen molar-refractivity contribution in [1.29, 1.82) is 0 Å². The normalized spacial score (nSPS) is 28.2. The first-order valence-corrected chi connectivity index (χ1v) is 7.38. The molecule has 0 bridgehead atoms. The van der Waals surface area contributed by atoms with Crippen molar-refractivity contribution >= 4 is 11.9 Å². The second-order valence-electron chi connectivity index (χ2n) is 6.05. The minimum absolute atomic E-state index is 0.0373. The number of rotatable bonds is 2. The summed E-state index contributed by atoms with van der Waals surface area (Å²) < 4.78 is 0. The van der Waals surface area contributed by atoms with Gasteiger partial charge in [-0.25, -0.2) is 0 Å². The number of amides is 1. The fraction of sp³-hybridized carbons (Fsp3) is 0.500. The van der Waals surface area contributed by atoms with Crippen molar-refractivity contribution in [2.24, 2.45) is 11.8 Å². The highest BCUT2D eigenvalue weighted by molar-refractivity contribution is 5.83. The van der Waals surface area contributed by atoms with Crippen molar-refractivity contribution < 1.29 is 14.7 Å². The number of hydrogen-bond donors (Lipinski definition) is 2. The highest BCUT2D eigenvalue weighted by atomic mass is 16.4. The summed E-state index contributed by atoms with van der Waals surface area (Å²) in [4.78, 5) is 25.9. The van der Waals surface area contributed by atoms with E-state index in [-0.39, 0.29) is 18.4 Å². The van der Waals surface area contributed by atoms with Crippen LogP contribution < -0.4 is 5.32 Å². The average Bonchev–Trinajstić information content (AvgIpc) is 2.91. The molecule has 1 saturated heterocycles. The summed E-state index contributed by atoms with van der Waals surface area (Å²) in [5.74, 6) is -1.14. The summed E-state index contributed by atoms with van der Waals surface area (Å²) in [5.41, 5.74) is 1.79. The number of fused-ring (bicyclic) bond motifs is 1. The molecule has 1 aromatic rings. The number of carbonyl (C=O) groups is 2. The summed E-state index contributed by atoms with van der Waals surface area (Å²) in [6.07, 6.45) is 0. The molecule has 0 saturated carbocycles. The highest BCUT2D eigenvalue weighted by Gasteiger charge is 2.37. The third-order valence-electron chi connectivity index (χ3n) is 4.64. The molecular formula is C16H20N2O3. The minimum atomic E-state index is -0.863. The van der Waals surface area contributed by atoms with Crippen LogP contribution in [0.3, 0.4) is 0 Å². The van der Waals surface area contributed by atoms with Crippen LogP contribution in [0.4, 0.5) is 0 Å². The number of aliphatic carboxylic acids is 1. The highest BCUT2D eigenvalue weighted by Crippen LogP contribution is 2.30. The molecule has 0 spiro atoms. The van der Waals surface area contributed by atoms with Gasteiger partial charge in [0.05, 0.1) is 11.8 Å². The van der Waals surface area contributed by atoms with Gasteiger partial charge in [0, 0.05) is 19.6 Å². The number of carbonyl (C=O) groups excluding carboxylic acids is 1. The largest absolute Gasteiger partial charge is 0.481 e. The Balaban J connectivity index is 1.86. The van der Waals surface area contributed by atoms with Crippen LogP contribution in [0.1, 0.15) is 24.0 Å². The Morgan fingerprint density at radius 2 is 2.05 bits per heavy atom. The van der Waals surface area contributed by atoms with Gasteiger partial charge in [-0.2, -0.15) is 0 Å². The van der Waals surface area contributed by atoms with E-state index in [0.29, 0.717) is 19.0 Å². The maximum atomic E-state index is 12.7. The van der Waals surface area contributed by atoms with E-state index in [4.69, 9.17) is 0 Å². The minimum Gasteiger partial charge on any atom is -0.481 e. The van der Waals surface area contributed by atoms with Crippen LogP contribution in [0, 0.1) is 11.8 Å². The lowest BCUT2D eigenvalue weighted by Gasteiger charge is -2.34. The van der Waals surface area contributed by atoms with Gasteiger partial charge >= 0.3 is 5.97 Å². The lowest BCUT2D eigenvalue weighted by Crippen LogP contribution is -2.44. The molecule has 2 aliphatic rings. The molecule has 2 heterocycles. The SMILES string of the molecule is C[C@@H]1CNC[C@H]1C(=O)N1Cc2ccccc2C(C(=O)O)C1. The van der Waals surface area contributed by atoms with Crippen LogP contribution in [0.5, 0.6) is 0 Å². The number of nitrogens with one attached hydrogen (secondary N) is 1. The van der Waals surface area contributed by atoms with Gasteiger partial charge in [-0.15, -0.1) is 0 Å². The second-order valence-corrected chi connectivity index (χ2v) is 6.05. The zero-order chi connectivity index (χ0) is 15.0. The predicted molar refractivity (Wildman–Crippen MR) is 77.8 cm³/mol. The zero-order valence-corrected chi connectivity index (χ0v) is 12.1. The molecule has 0 aliphatic carbocycles. The lowest BCUT2D eigenvalue weighted by atomic mass is 9.88. The molecule has 5 heteroatoms. The van der Waals surface area contributed by atoms with Crippen molar-refractivity contribution in [3.05, 3.63) is 35.4 Å². The first-order valence-electron chi connectivity index (χ1n) is 7.38. The molecule has 2 aliphatic heterocycles. The summed E-state index contributed by atoms with van der Waals surface area (Å²) in [6.45, 7) is 4.39. The topological polar surface area (TPSA) is 69.6 Å². The Morgan fingerprint density at radius 1 is 1.29 bits per heavy atom. The molecule has 3 atom stereocenters. The van der Waals surface area contributed by atoms with Crippen LogP contribution in [-0.4, -0.2) is 41.5 Å². The molecule has 112 valence electrons. The summed E-state index contributed by atoms with van der Waals surface area (Å²) >= 11 is 0. The number of hydrogen-bond acceptors (Lipinski definition) is 3. The molecule has 0 radical (unpaired) electrons. The Labute approximate surface area is 123 Å².